The minimum Gasteiger partial charge on any atom is -0.446 e. The van der Waals surface area contributed by atoms with Crippen LogP contribution in [-0.4, -0.2) is 12.2 Å². The number of hydrogen-bond donors (Lipinski definition) is 1. The van der Waals surface area contributed by atoms with Crippen LogP contribution in [0.1, 0.15) is 12.5 Å². The standard InChI is InChI=1S/C10H10BrNO2/c1-6-4-7-5-8(11)2-3-9(7)12-10(13)14-6/h2-3,5-6H,4H2,1H3,(H,12,13). The molecule has 1 aromatic carbocycles. The Kier molecular flexibility index (Phi) is 2.46. The van der Waals surface area contributed by atoms with Crippen LogP contribution in [-0.2, 0) is 11.2 Å². The van der Waals surface area contributed by atoms with E-state index >= 15 is 0 Å². The molecule has 0 fully saturated rings. The highest BCUT2D eigenvalue weighted by atomic mass is 79.9. The van der Waals surface area contributed by atoms with Crippen molar-refractivity contribution in [2.24, 2.45) is 0 Å². The number of ether oxygens (including phenoxy) is 1. The van der Waals surface area contributed by atoms with Gasteiger partial charge >= 0.3 is 6.09 Å². The van der Waals surface area contributed by atoms with Crippen molar-refractivity contribution < 1.29 is 9.53 Å². The number of amides is 1. The first-order valence-electron chi connectivity index (χ1n) is 4.41. The van der Waals surface area contributed by atoms with E-state index in [1.807, 2.05) is 25.1 Å². The zero-order valence-electron chi connectivity index (χ0n) is 7.71. The molecular weight excluding hydrogens is 246 g/mol. The van der Waals surface area contributed by atoms with Crippen LogP contribution in [0.3, 0.4) is 0 Å². The lowest BCUT2D eigenvalue weighted by molar-refractivity contribution is 0.123. The fourth-order valence-corrected chi connectivity index (χ4v) is 1.94. The lowest BCUT2D eigenvalue weighted by Gasteiger charge is -2.07. The van der Waals surface area contributed by atoms with E-state index in [0.717, 1.165) is 22.1 Å². The monoisotopic (exact) mass is 255 g/mol. The van der Waals surface area contributed by atoms with E-state index in [1.165, 1.54) is 0 Å². The summed E-state index contributed by atoms with van der Waals surface area (Å²) in [6.45, 7) is 1.88. The number of benzene rings is 1. The molecule has 1 aromatic rings. The van der Waals surface area contributed by atoms with Gasteiger partial charge in [0.25, 0.3) is 0 Å². The first-order chi connectivity index (χ1) is 6.65. The van der Waals surface area contributed by atoms with Crippen LogP contribution in [0.2, 0.25) is 0 Å². The zero-order chi connectivity index (χ0) is 10.1. The number of hydrogen-bond acceptors (Lipinski definition) is 2. The maximum atomic E-state index is 11.2. The lowest BCUT2D eigenvalue weighted by Crippen LogP contribution is -2.17. The van der Waals surface area contributed by atoms with E-state index in [9.17, 15) is 4.79 Å². The highest BCUT2D eigenvalue weighted by Gasteiger charge is 2.18. The number of rotatable bonds is 0. The molecule has 4 heteroatoms. The fourth-order valence-electron chi connectivity index (χ4n) is 1.53. The van der Waals surface area contributed by atoms with E-state index in [0.29, 0.717) is 0 Å². The third kappa shape index (κ3) is 1.90. The number of fused-ring (bicyclic) bond motifs is 1. The van der Waals surface area contributed by atoms with Crippen LogP contribution in [0.15, 0.2) is 22.7 Å². The van der Waals surface area contributed by atoms with Gasteiger partial charge in [0.1, 0.15) is 6.10 Å². The summed E-state index contributed by atoms with van der Waals surface area (Å²) in [5.41, 5.74) is 1.93. The average molecular weight is 256 g/mol. The molecule has 14 heavy (non-hydrogen) atoms. The van der Waals surface area contributed by atoms with Crippen molar-refractivity contribution >= 4 is 27.7 Å². The average Bonchev–Trinajstić information content (AvgIpc) is 2.21. The normalized spacial score (nSPS) is 20.4. The molecule has 0 saturated heterocycles. The smallest absolute Gasteiger partial charge is 0.411 e. The summed E-state index contributed by atoms with van der Waals surface area (Å²) in [7, 11) is 0. The number of halogens is 1. The van der Waals surface area contributed by atoms with Crippen LogP contribution in [0.4, 0.5) is 10.5 Å². The van der Waals surface area contributed by atoms with Gasteiger partial charge < -0.3 is 4.74 Å². The summed E-state index contributed by atoms with van der Waals surface area (Å²) in [4.78, 5) is 11.2. The summed E-state index contributed by atoms with van der Waals surface area (Å²) < 4.78 is 6.08. The van der Waals surface area contributed by atoms with Gasteiger partial charge in [0.15, 0.2) is 0 Å². The van der Waals surface area contributed by atoms with E-state index in [1.54, 1.807) is 0 Å². The Hall–Kier alpha value is -1.03. The molecule has 0 radical (unpaired) electrons. The molecule has 0 aromatic heterocycles. The summed E-state index contributed by atoms with van der Waals surface area (Å²) in [5, 5.41) is 2.70. The quantitative estimate of drug-likeness (QED) is 0.774. The minimum absolute atomic E-state index is 0.0782. The molecule has 1 N–H and O–H groups in total. The summed E-state index contributed by atoms with van der Waals surface area (Å²) in [6, 6.07) is 5.77. The first kappa shape index (κ1) is 9.52. The lowest BCUT2D eigenvalue weighted by atomic mass is 10.1. The van der Waals surface area contributed by atoms with Gasteiger partial charge in [-0.3, -0.25) is 5.32 Å². The second kappa shape index (κ2) is 3.61. The summed E-state index contributed by atoms with van der Waals surface area (Å²) in [5.74, 6) is 0. The molecule has 3 nitrogen and oxygen atoms in total. The Morgan fingerprint density at radius 2 is 2.36 bits per heavy atom. The van der Waals surface area contributed by atoms with Gasteiger partial charge in [-0.2, -0.15) is 0 Å². The number of cyclic esters (lactones) is 1. The molecule has 1 aliphatic rings. The van der Waals surface area contributed by atoms with Crippen LogP contribution in [0, 0.1) is 0 Å². The number of anilines is 1. The molecular formula is C10H10BrNO2. The Labute approximate surface area is 90.6 Å². The number of nitrogens with one attached hydrogen (secondary N) is 1. The predicted molar refractivity (Wildman–Crippen MR) is 57.4 cm³/mol. The highest BCUT2D eigenvalue weighted by molar-refractivity contribution is 9.10. The topological polar surface area (TPSA) is 38.3 Å². The fraction of sp³-hybridized carbons (Fsp3) is 0.300. The van der Waals surface area contributed by atoms with Crippen LogP contribution in [0.25, 0.3) is 0 Å². The van der Waals surface area contributed by atoms with Crippen LogP contribution < -0.4 is 5.32 Å². The molecule has 1 heterocycles. The van der Waals surface area contributed by atoms with Gasteiger partial charge in [-0.1, -0.05) is 15.9 Å². The minimum atomic E-state index is -0.376. The first-order valence-corrected chi connectivity index (χ1v) is 5.20. The maximum absolute atomic E-state index is 11.2. The van der Waals surface area contributed by atoms with Crippen molar-refractivity contribution in [1.29, 1.82) is 0 Å². The van der Waals surface area contributed by atoms with Crippen LogP contribution in [0.5, 0.6) is 0 Å². The number of carbonyl (C=O) groups excluding carboxylic acids is 1. The number of carbonyl (C=O) groups is 1. The zero-order valence-corrected chi connectivity index (χ0v) is 9.30. The Morgan fingerprint density at radius 1 is 1.57 bits per heavy atom. The van der Waals surface area contributed by atoms with Gasteiger partial charge in [-0.15, -0.1) is 0 Å². The molecule has 0 aliphatic carbocycles. The third-order valence-electron chi connectivity index (χ3n) is 2.12. The van der Waals surface area contributed by atoms with Gasteiger partial charge in [-0.25, -0.2) is 4.79 Å². The SMILES string of the molecule is CC1Cc2cc(Br)ccc2NC(=O)O1. The maximum Gasteiger partial charge on any atom is 0.411 e. The predicted octanol–water partition coefficient (Wildman–Crippen LogP) is 2.94. The van der Waals surface area contributed by atoms with Gasteiger partial charge in [0.05, 0.1) is 0 Å². The Balaban J connectivity index is 2.41. The Morgan fingerprint density at radius 3 is 3.14 bits per heavy atom. The van der Waals surface area contributed by atoms with E-state index in [4.69, 9.17) is 4.74 Å². The second-order valence-electron chi connectivity index (χ2n) is 3.35. The van der Waals surface area contributed by atoms with E-state index < -0.39 is 0 Å². The third-order valence-corrected chi connectivity index (χ3v) is 2.61. The van der Waals surface area contributed by atoms with Crippen molar-refractivity contribution in [2.75, 3.05) is 5.32 Å². The van der Waals surface area contributed by atoms with Crippen molar-refractivity contribution in [3.05, 3.63) is 28.2 Å². The molecule has 1 amide bonds. The summed E-state index contributed by atoms with van der Waals surface area (Å²) >= 11 is 3.40. The van der Waals surface area contributed by atoms with Crippen molar-refractivity contribution in [3.63, 3.8) is 0 Å². The molecule has 1 aliphatic heterocycles. The molecule has 2 rings (SSSR count). The molecule has 0 spiro atoms. The van der Waals surface area contributed by atoms with E-state index in [2.05, 4.69) is 21.2 Å². The van der Waals surface area contributed by atoms with Gasteiger partial charge in [-0.05, 0) is 30.7 Å². The van der Waals surface area contributed by atoms with Gasteiger partial charge in [0, 0.05) is 16.6 Å². The molecule has 0 saturated carbocycles. The largest absolute Gasteiger partial charge is 0.446 e. The highest BCUT2D eigenvalue weighted by Crippen LogP contribution is 2.25. The van der Waals surface area contributed by atoms with Gasteiger partial charge in [0.2, 0.25) is 0 Å². The van der Waals surface area contributed by atoms with E-state index in [-0.39, 0.29) is 12.2 Å². The molecule has 74 valence electrons. The van der Waals surface area contributed by atoms with Crippen LogP contribution >= 0.6 is 15.9 Å². The van der Waals surface area contributed by atoms with Crippen molar-refractivity contribution in [1.82, 2.24) is 0 Å². The van der Waals surface area contributed by atoms with Crippen molar-refractivity contribution in [2.45, 2.75) is 19.4 Å². The second-order valence-corrected chi connectivity index (χ2v) is 4.26. The molecule has 1 atom stereocenters. The van der Waals surface area contributed by atoms with Crippen molar-refractivity contribution in [3.8, 4) is 0 Å². The summed E-state index contributed by atoms with van der Waals surface area (Å²) in [6.07, 6.45) is 0.289. The Bertz CT molecular complexity index is 378. The molecule has 0 bridgehead atoms. The molecule has 1 unspecified atom stereocenters.